The third-order valence-electron chi connectivity index (χ3n) is 1.09. The molecule has 0 saturated carbocycles. The van der Waals surface area contributed by atoms with Crippen molar-refractivity contribution in [2.75, 3.05) is 0 Å². The molecule has 3 nitrogen and oxygen atoms in total. The first-order chi connectivity index (χ1) is 4.20. The third-order valence-corrected chi connectivity index (χ3v) is 1.09. The largest absolute Gasteiger partial charge is 1.00 e. The van der Waals surface area contributed by atoms with Crippen molar-refractivity contribution in [3.05, 3.63) is 29.4 Å². The molecule has 0 amide bonds. The van der Waals surface area contributed by atoms with Crippen molar-refractivity contribution in [1.82, 2.24) is 4.73 Å². The second kappa shape index (κ2) is 3.27. The minimum Gasteiger partial charge on any atom is -1.00 e. The van der Waals surface area contributed by atoms with Gasteiger partial charge >= 0.3 is 0 Å². The number of hydrogen-bond donors (Lipinski definition) is 2. The van der Waals surface area contributed by atoms with Crippen LogP contribution in [0.15, 0.2) is 18.3 Å². The summed E-state index contributed by atoms with van der Waals surface area (Å²) in [5.74, 6) is 0. The summed E-state index contributed by atoms with van der Waals surface area (Å²) >= 11 is 0. The molecular weight excluding hydrogens is 152 g/mol. The quantitative estimate of drug-likeness (QED) is 0.405. The van der Waals surface area contributed by atoms with Gasteiger partial charge in [-0.1, -0.05) is 0 Å². The molecule has 0 bridgehead atoms. The Bertz CT molecular complexity index is 269. The van der Waals surface area contributed by atoms with Gasteiger partial charge in [-0.3, -0.25) is 5.41 Å². The fraction of sp³-hybridized carbons (Fsp3) is 0.167. The lowest BCUT2D eigenvalue weighted by Gasteiger charge is -1.95. The van der Waals surface area contributed by atoms with Crippen molar-refractivity contribution in [3.8, 4) is 0 Å². The van der Waals surface area contributed by atoms with E-state index in [9.17, 15) is 0 Å². The molecule has 0 spiro atoms. The van der Waals surface area contributed by atoms with Crippen LogP contribution in [-0.4, -0.2) is 9.94 Å². The predicted molar refractivity (Wildman–Crippen MR) is 32.2 cm³/mol. The average Bonchev–Trinajstić information content (AvgIpc) is 1.80. The fourth-order valence-corrected chi connectivity index (χ4v) is 0.598. The molecule has 1 rings (SSSR count). The molecule has 2 N–H and O–H groups in total. The SMILES string of the molecule is Cc1ccn(O)c(=N)c1.[Cl-]. The molecule has 10 heavy (non-hydrogen) atoms. The van der Waals surface area contributed by atoms with Crippen LogP contribution < -0.4 is 17.9 Å². The smallest absolute Gasteiger partial charge is 0.160 e. The number of aryl methyl sites for hydroxylation is 1. The lowest BCUT2D eigenvalue weighted by molar-refractivity contribution is -0.00000355. The van der Waals surface area contributed by atoms with Gasteiger partial charge < -0.3 is 17.6 Å². The highest BCUT2D eigenvalue weighted by atomic mass is 35.5. The van der Waals surface area contributed by atoms with Crippen LogP contribution in [0, 0.1) is 12.3 Å². The second-order valence-electron chi connectivity index (χ2n) is 1.93. The lowest BCUT2D eigenvalue weighted by atomic mass is 10.3. The van der Waals surface area contributed by atoms with Crippen LogP contribution in [0.5, 0.6) is 0 Å². The maximum atomic E-state index is 8.77. The van der Waals surface area contributed by atoms with Crippen LogP contribution in [0.3, 0.4) is 0 Å². The Morgan fingerprint density at radius 2 is 2.20 bits per heavy atom. The van der Waals surface area contributed by atoms with E-state index in [1.165, 1.54) is 6.20 Å². The topological polar surface area (TPSA) is 49.0 Å². The normalized spacial score (nSPS) is 8.50. The molecule has 1 heterocycles. The molecule has 0 aliphatic rings. The standard InChI is InChI=1S/C6H8N2O.ClH/c1-5-2-3-8(9)6(7)4-5;/h2-4,7,9H,1H3;1H/p-1. The molecule has 4 heteroatoms. The summed E-state index contributed by atoms with van der Waals surface area (Å²) in [6.07, 6.45) is 1.44. The van der Waals surface area contributed by atoms with E-state index in [4.69, 9.17) is 10.6 Å². The summed E-state index contributed by atoms with van der Waals surface area (Å²) in [6, 6.07) is 3.32. The van der Waals surface area contributed by atoms with Crippen LogP contribution in [0.2, 0.25) is 0 Å². The molecule has 56 valence electrons. The van der Waals surface area contributed by atoms with Crippen LogP contribution in [0.4, 0.5) is 0 Å². The van der Waals surface area contributed by atoms with Gasteiger partial charge in [-0.05, 0) is 24.6 Å². The Morgan fingerprint density at radius 1 is 1.60 bits per heavy atom. The first kappa shape index (κ1) is 9.04. The summed E-state index contributed by atoms with van der Waals surface area (Å²) in [4.78, 5) is 0. The zero-order valence-electron chi connectivity index (χ0n) is 5.50. The Balaban J connectivity index is 0.000000810. The summed E-state index contributed by atoms with van der Waals surface area (Å²) < 4.78 is 0.771. The van der Waals surface area contributed by atoms with E-state index in [1.807, 2.05) is 6.92 Å². The summed E-state index contributed by atoms with van der Waals surface area (Å²) in [5, 5.41) is 15.8. The van der Waals surface area contributed by atoms with E-state index in [0.717, 1.165) is 10.3 Å². The van der Waals surface area contributed by atoms with Crippen molar-refractivity contribution >= 4 is 0 Å². The summed E-state index contributed by atoms with van der Waals surface area (Å²) in [5.41, 5.74) is 1.08. The van der Waals surface area contributed by atoms with Gasteiger partial charge in [0.05, 0.1) is 0 Å². The van der Waals surface area contributed by atoms with E-state index in [1.54, 1.807) is 12.1 Å². The van der Waals surface area contributed by atoms with E-state index in [0.29, 0.717) is 0 Å². The molecule has 0 unspecified atom stereocenters. The van der Waals surface area contributed by atoms with E-state index < -0.39 is 0 Å². The maximum absolute atomic E-state index is 8.77. The molecule has 1 aromatic rings. The average molecular weight is 160 g/mol. The highest BCUT2D eigenvalue weighted by Crippen LogP contribution is 1.86. The van der Waals surface area contributed by atoms with Gasteiger partial charge in [0.15, 0.2) is 5.49 Å². The molecule has 0 aliphatic carbocycles. The Labute approximate surface area is 64.8 Å². The molecule has 0 radical (unpaired) electrons. The van der Waals surface area contributed by atoms with Crippen molar-refractivity contribution < 1.29 is 17.6 Å². The van der Waals surface area contributed by atoms with Crippen molar-refractivity contribution in [2.24, 2.45) is 0 Å². The van der Waals surface area contributed by atoms with Crippen molar-refractivity contribution in [3.63, 3.8) is 0 Å². The van der Waals surface area contributed by atoms with Crippen LogP contribution in [0.25, 0.3) is 0 Å². The minimum atomic E-state index is 0. The number of rotatable bonds is 0. The second-order valence-corrected chi connectivity index (χ2v) is 1.93. The number of halogens is 1. The molecule has 0 aromatic carbocycles. The number of hydrogen-bond acceptors (Lipinski definition) is 2. The highest BCUT2D eigenvalue weighted by Gasteiger charge is 1.85. The third kappa shape index (κ3) is 1.77. The Kier molecular flexibility index (Phi) is 2.96. The zero-order valence-corrected chi connectivity index (χ0v) is 6.26. The molecule has 0 saturated heterocycles. The minimum absolute atomic E-state index is 0. The monoisotopic (exact) mass is 159 g/mol. The molecular formula is C6H8ClN2O-. The number of nitrogens with zero attached hydrogens (tertiary/aromatic N) is 1. The van der Waals surface area contributed by atoms with E-state index in [2.05, 4.69) is 0 Å². The number of pyridine rings is 1. The van der Waals surface area contributed by atoms with Crippen LogP contribution >= 0.6 is 0 Å². The number of aromatic nitrogens is 1. The summed E-state index contributed by atoms with van der Waals surface area (Å²) in [7, 11) is 0. The Hall–Kier alpha value is -0.960. The van der Waals surface area contributed by atoms with Gasteiger partial charge in [-0.2, -0.15) is 4.73 Å². The predicted octanol–water partition coefficient (Wildman–Crippen LogP) is -2.48. The zero-order chi connectivity index (χ0) is 6.85. The van der Waals surface area contributed by atoms with E-state index >= 15 is 0 Å². The van der Waals surface area contributed by atoms with Crippen LogP contribution in [-0.2, 0) is 0 Å². The van der Waals surface area contributed by atoms with Gasteiger partial charge in [0, 0.05) is 6.20 Å². The Morgan fingerprint density at radius 3 is 2.60 bits per heavy atom. The summed E-state index contributed by atoms with van der Waals surface area (Å²) in [6.45, 7) is 1.87. The van der Waals surface area contributed by atoms with Gasteiger partial charge in [0.25, 0.3) is 0 Å². The highest BCUT2D eigenvalue weighted by molar-refractivity contribution is 5.05. The first-order valence-corrected chi connectivity index (χ1v) is 2.63. The molecule has 0 fully saturated rings. The van der Waals surface area contributed by atoms with Crippen molar-refractivity contribution in [1.29, 1.82) is 5.41 Å². The van der Waals surface area contributed by atoms with Gasteiger partial charge in [-0.25, -0.2) is 0 Å². The number of nitrogens with one attached hydrogen (secondary N) is 1. The van der Waals surface area contributed by atoms with Gasteiger partial charge in [0.2, 0.25) is 0 Å². The van der Waals surface area contributed by atoms with Gasteiger partial charge in [-0.15, -0.1) is 0 Å². The molecule has 0 atom stereocenters. The van der Waals surface area contributed by atoms with Crippen LogP contribution in [0.1, 0.15) is 5.56 Å². The van der Waals surface area contributed by atoms with Gasteiger partial charge in [0.1, 0.15) is 0 Å². The van der Waals surface area contributed by atoms with E-state index in [-0.39, 0.29) is 17.9 Å². The fourth-order valence-electron chi connectivity index (χ4n) is 0.598. The maximum Gasteiger partial charge on any atom is 0.160 e. The molecule has 1 aromatic heterocycles. The molecule has 0 aliphatic heterocycles. The van der Waals surface area contributed by atoms with Crippen molar-refractivity contribution in [2.45, 2.75) is 6.92 Å². The first-order valence-electron chi connectivity index (χ1n) is 2.63. The lowest BCUT2D eigenvalue weighted by Crippen LogP contribution is -3.00.